The van der Waals surface area contributed by atoms with Crippen LogP contribution >= 0.6 is 0 Å². The van der Waals surface area contributed by atoms with Crippen LogP contribution in [0.4, 0.5) is 10.1 Å². The molecule has 0 aliphatic heterocycles. The van der Waals surface area contributed by atoms with Gasteiger partial charge in [-0.2, -0.15) is 0 Å². The number of hydrogen-bond acceptors (Lipinski definition) is 3. The molecule has 19 heavy (non-hydrogen) atoms. The summed E-state index contributed by atoms with van der Waals surface area (Å²) < 4.78 is 13.1. The Balaban J connectivity index is 2.24. The van der Waals surface area contributed by atoms with Crippen LogP contribution in [-0.4, -0.2) is 16.1 Å². The van der Waals surface area contributed by atoms with Crippen LogP contribution in [0, 0.1) is 5.82 Å². The minimum Gasteiger partial charge on any atom is -0.478 e. The number of rotatable bonds is 4. The van der Waals surface area contributed by atoms with Crippen LogP contribution < -0.4 is 5.32 Å². The number of aromatic carboxylic acids is 1. The number of aromatic nitrogens is 1. The maximum atomic E-state index is 13.1. The summed E-state index contributed by atoms with van der Waals surface area (Å²) in [6.07, 6.45) is 2.86. The van der Waals surface area contributed by atoms with E-state index in [1.807, 2.05) is 6.92 Å². The van der Waals surface area contributed by atoms with Gasteiger partial charge >= 0.3 is 5.97 Å². The van der Waals surface area contributed by atoms with Crippen LogP contribution in [-0.2, 0) is 0 Å². The fourth-order valence-electron chi connectivity index (χ4n) is 1.79. The fourth-order valence-corrected chi connectivity index (χ4v) is 1.79. The minimum absolute atomic E-state index is 0.137. The first-order chi connectivity index (χ1) is 9.08. The first-order valence-corrected chi connectivity index (χ1v) is 5.77. The lowest BCUT2D eigenvalue weighted by Crippen LogP contribution is -2.11. The Kier molecular flexibility index (Phi) is 3.75. The Morgan fingerprint density at radius 3 is 2.89 bits per heavy atom. The molecule has 1 heterocycles. The number of nitrogens with zero attached hydrogens (tertiary/aromatic N) is 1. The Hall–Kier alpha value is -2.43. The van der Waals surface area contributed by atoms with E-state index in [1.165, 1.54) is 30.6 Å². The highest BCUT2D eigenvalue weighted by Gasteiger charge is 2.13. The number of benzene rings is 1. The van der Waals surface area contributed by atoms with Crippen molar-refractivity contribution >= 4 is 11.7 Å². The molecule has 1 aromatic carbocycles. The number of anilines is 1. The second kappa shape index (κ2) is 5.48. The molecule has 0 spiro atoms. The summed E-state index contributed by atoms with van der Waals surface area (Å²) in [4.78, 5) is 15.0. The summed E-state index contributed by atoms with van der Waals surface area (Å²) >= 11 is 0. The molecule has 1 aromatic heterocycles. The number of carboxylic acids is 1. The van der Waals surface area contributed by atoms with Crippen LogP contribution in [0.2, 0.25) is 0 Å². The first kappa shape index (κ1) is 13.0. The third-order valence-electron chi connectivity index (χ3n) is 2.77. The predicted octanol–water partition coefficient (Wildman–Crippen LogP) is 3.09. The average Bonchev–Trinajstić information content (AvgIpc) is 2.39. The summed E-state index contributed by atoms with van der Waals surface area (Å²) in [5.74, 6) is -1.35. The maximum absolute atomic E-state index is 13.1. The molecule has 98 valence electrons. The van der Waals surface area contributed by atoms with E-state index in [-0.39, 0.29) is 17.4 Å². The third kappa shape index (κ3) is 3.07. The molecule has 0 fully saturated rings. The van der Waals surface area contributed by atoms with E-state index < -0.39 is 5.97 Å². The van der Waals surface area contributed by atoms with Gasteiger partial charge < -0.3 is 10.4 Å². The highest BCUT2D eigenvalue weighted by Crippen LogP contribution is 2.22. The summed E-state index contributed by atoms with van der Waals surface area (Å²) in [6, 6.07) is 7.36. The lowest BCUT2D eigenvalue weighted by molar-refractivity contribution is 0.0698. The van der Waals surface area contributed by atoms with Crippen molar-refractivity contribution in [3.05, 3.63) is 59.7 Å². The van der Waals surface area contributed by atoms with E-state index in [2.05, 4.69) is 10.3 Å². The number of pyridine rings is 1. The molecule has 4 nitrogen and oxygen atoms in total. The van der Waals surface area contributed by atoms with E-state index in [4.69, 9.17) is 5.11 Å². The van der Waals surface area contributed by atoms with Gasteiger partial charge in [0, 0.05) is 12.2 Å². The lowest BCUT2D eigenvalue weighted by Gasteiger charge is -2.16. The van der Waals surface area contributed by atoms with Crippen molar-refractivity contribution in [2.75, 3.05) is 5.32 Å². The SMILES string of the molecule is CC(Nc1cnccc1C(=O)O)c1cccc(F)c1. The second-order valence-electron chi connectivity index (χ2n) is 4.15. The number of halogens is 1. The molecular formula is C14H13FN2O2. The van der Waals surface area contributed by atoms with Crippen molar-refractivity contribution in [2.45, 2.75) is 13.0 Å². The van der Waals surface area contributed by atoms with Crippen LogP contribution in [0.25, 0.3) is 0 Å². The molecule has 2 aromatic rings. The molecular weight excluding hydrogens is 247 g/mol. The fraction of sp³-hybridized carbons (Fsp3) is 0.143. The Labute approximate surface area is 109 Å². The van der Waals surface area contributed by atoms with Crippen LogP contribution in [0.3, 0.4) is 0 Å². The molecule has 0 amide bonds. The van der Waals surface area contributed by atoms with Gasteiger partial charge in [0.2, 0.25) is 0 Å². The number of nitrogens with one attached hydrogen (secondary N) is 1. The summed E-state index contributed by atoms with van der Waals surface area (Å²) in [6.45, 7) is 1.83. The highest BCUT2D eigenvalue weighted by atomic mass is 19.1. The number of carboxylic acid groups (broad SMARTS) is 1. The first-order valence-electron chi connectivity index (χ1n) is 5.77. The molecule has 2 N–H and O–H groups in total. The van der Waals surface area contributed by atoms with Crippen molar-refractivity contribution in [1.29, 1.82) is 0 Å². The van der Waals surface area contributed by atoms with Gasteiger partial charge in [0.15, 0.2) is 0 Å². The van der Waals surface area contributed by atoms with Gasteiger partial charge in [-0.15, -0.1) is 0 Å². The maximum Gasteiger partial charge on any atom is 0.337 e. The van der Waals surface area contributed by atoms with Gasteiger partial charge in [0.25, 0.3) is 0 Å². The monoisotopic (exact) mass is 260 g/mol. The second-order valence-corrected chi connectivity index (χ2v) is 4.15. The highest BCUT2D eigenvalue weighted by molar-refractivity contribution is 5.93. The van der Waals surface area contributed by atoms with Crippen LogP contribution in [0.1, 0.15) is 28.9 Å². The summed E-state index contributed by atoms with van der Waals surface area (Å²) in [7, 11) is 0. The Morgan fingerprint density at radius 2 is 2.21 bits per heavy atom. The third-order valence-corrected chi connectivity index (χ3v) is 2.77. The van der Waals surface area contributed by atoms with E-state index in [9.17, 15) is 9.18 Å². The number of carbonyl (C=O) groups is 1. The molecule has 0 aliphatic carbocycles. The largest absolute Gasteiger partial charge is 0.478 e. The average molecular weight is 260 g/mol. The minimum atomic E-state index is -1.03. The standard InChI is InChI=1S/C14H13FN2O2/c1-9(10-3-2-4-11(15)7-10)17-13-8-16-6-5-12(13)14(18)19/h2-9,17H,1H3,(H,18,19). The zero-order valence-electron chi connectivity index (χ0n) is 10.3. The quantitative estimate of drug-likeness (QED) is 0.886. The molecule has 1 atom stereocenters. The number of hydrogen-bond donors (Lipinski definition) is 2. The Bertz CT molecular complexity index is 602. The molecule has 2 rings (SSSR count). The molecule has 0 bridgehead atoms. The van der Waals surface area contributed by atoms with Crippen LogP contribution in [0.15, 0.2) is 42.7 Å². The van der Waals surface area contributed by atoms with Crippen molar-refractivity contribution < 1.29 is 14.3 Å². The zero-order chi connectivity index (χ0) is 13.8. The van der Waals surface area contributed by atoms with Crippen molar-refractivity contribution in [3.8, 4) is 0 Å². The zero-order valence-corrected chi connectivity index (χ0v) is 10.3. The summed E-state index contributed by atoms with van der Waals surface area (Å²) in [5.41, 5.74) is 1.28. The van der Waals surface area contributed by atoms with Gasteiger partial charge in [-0.1, -0.05) is 12.1 Å². The van der Waals surface area contributed by atoms with E-state index in [0.29, 0.717) is 5.69 Å². The summed E-state index contributed by atoms with van der Waals surface area (Å²) in [5, 5.41) is 12.1. The molecule has 0 aliphatic rings. The molecule has 0 saturated heterocycles. The normalized spacial score (nSPS) is 11.9. The van der Waals surface area contributed by atoms with E-state index >= 15 is 0 Å². The predicted molar refractivity (Wildman–Crippen MR) is 69.6 cm³/mol. The molecule has 1 unspecified atom stereocenters. The van der Waals surface area contributed by atoms with E-state index in [0.717, 1.165) is 5.56 Å². The van der Waals surface area contributed by atoms with Crippen molar-refractivity contribution in [3.63, 3.8) is 0 Å². The van der Waals surface area contributed by atoms with Gasteiger partial charge in [0.1, 0.15) is 5.82 Å². The van der Waals surface area contributed by atoms with Gasteiger partial charge in [0.05, 0.1) is 17.4 Å². The van der Waals surface area contributed by atoms with E-state index in [1.54, 1.807) is 12.1 Å². The van der Waals surface area contributed by atoms with Gasteiger partial charge in [-0.05, 0) is 30.7 Å². The molecule has 0 saturated carbocycles. The van der Waals surface area contributed by atoms with Gasteiger partial charge in [-0.25, -0.2) is 9.18 Å². The smallest absolute Gasteiger partial charge is 0.337 e. The molecule has 5 heteroatoms. The van der Waals surface area contributed by atoms with Crippen molar-refractivity contribution in [1.82, 2.24) is 4.98 Å². The van der Waals surface area contributed by atoms with Crippen LogP contribution in [0.5, 0.6) is 0 Å². The molecule has 0 radical (unpaired) electrons. The lowest BCUT2D eigenvalue weighted by atomic mass is 10.1. The topological polar surface area (TPSA) is 62.2 Å². The van der Waals surface area contributed by atoms with Gasteiger partial charge in [-0.3, -0.25) is 4.98 Å². The Morgan fingerprint density at radius 1 is 1.42 bits per heavy atom. The van der Waals surface area contributed by atoms with Crippen molar-refractivity contribution in [2.24, 2.45) is 0 Å².